The van der Waals surface area contributed by atoms with Crippen LogP contribution in [0.4, 0.5) is 5.69 Å². The Morgan fingerprint density at radius 2 is 1.26 bits per heavy atom. The van der Waals surface area contributed by atoms with Crippen molar-refractivity contribution in [3.05, 3.63) is 125 Å². The van der Waals surface area contributed by atoms with E-state index in [0.717, 1.165) is 51.0 Å². The molecule has 3 aromatic heterocycles. The number of unbranched alkanes of at least 4 members (excludes halogenated alkanes) is 3. The number of anilines is 1. The highest BCUT2D eigenvalue weighted by atomic mass is 32.1. The lowest BCUT2D eigenvalue weighted by molar-refractivity contribution is 0.0866. The largest absolute Gasteiger partial charge is 0.547 e. The van der Waals surface area contributed by atoms with E-state index in [4.69, 9.17) is 18.3 Å². The highest BCUT2D eigenvalue weighted by molar-refractivity contribution is 7.24. The molecule has 0 fully saturated rings. The third-order valence-corrected chi connectivity index (χ3v) is 19.6. The van der Waals surface area contributed by atoms with Crippen LogP contribution in [0.1, 0.15) is 110 Å². The maximum atomic E-state index is 6.18. The van der Waals surface area contributed by atoms with Crippen molar-refractivity contribution in [2.75, 3.05) is 37.8 Å². The van der Waals surface area contributed by atoms with Crippen molar-refractivity contribution in [2.24, 2.45) is 11.8 Å². The van der Waals surface area contributed by atoms with Gasteiger partial charge in [0.05, 0.1) is 20.6 Å². The molecule has 358 valence electrons. The molecule has 6 aromatic carbocycles. The number of aromatic nitrogens is 1. The minimum Gasteiger partial charge on any atom is -0.371 e. The zero-order valence-corrected chi connectivity index (χ0v) is 44.8. The summed E-state index contributed by atoms with van der Waals surface area (Å²) in [6.07, 6.45) is 12.7. The number of aryl methyl sites for hydroxylation is 1. The fourth-order valence-corrected chi connectivity index (χ4v) is 15.5. The summed E-state index contributed by atoms with van der Waals surface area (Å²) in [5.74, 6) is 1.33. The Kier molecular flexibility index (Phi) is 15.6. The zero-order valence-electron chi connectivity index (χ0n) is 42.1. The molecular weight excluding hydrogens is 901 g/mol. The first-order chi connectivity index (χ1) is 33.6. The van der Waals surface area contributed by atoms with Gasteiger partial charge in [-0.05, 0) is 161 Å². The smallest absolute Gasteiger partial charge is 0.371 e. The van der Waals surface area contributed by atoms with Crippen molar-refractivity contribution in [3.63, 3.8) is 0 Å². The summed E-state index contributed by atoms with van der Waals surface area (Å²) in [5.41, 5.74) is 7.28. The molecule has 3 heterocycles. The van der Waals surface area contributed by atoms with Crippen LogP contribution < -0.4 is 9.40 Å². The van der Waals surface area contributed by atoms with Crippen LogP contribution in [0, 0.1) is 11.8 Å². The molecule has 0 aliphatic carbocycles. The Hall–Kier alpha value is -4.93. The number of nitrogens with zero attached hydrogens (tertiary/aromatic N) is 2. The summed E-state index contributed by atoms with van der Waals surface area (Å²) in [7, 11) is -2.94. The summed E-state index contributed by atoms with van der Waals surface area (Å²) < 4.78 is 19.6. The fraction of sp³-hybridized carbons (Fsp3) is 0.361. The number of benzene rings is 6. The van der Waals surface area contributed by atoms with Crippen molar-refractivity contribution in [3.8, 4) is 21.0 Å². The molecule has 0 amide bonds. The predicted octanol–water partition coefficient (Wildman–Crippen LogP) is 17.2. The molecule has 0 aliphatic rings. The first-order valence-electron chi connectivity index (χ1n) is 25.8. The van der Waals surface area contributed by atoms with Gasteiger partial charge in [0.1, 0.15) is 0 Å². The van der Waals surface area contributed by atoms with E-state index in [1.54, 1.807) is 11.3 Å². The lowest BCUT2D eigenvalue weighted by Crippen LogP contribution is -2.55. The maximum absolute atomic E-state index is 6.18. The summed E-state index contributed by atoms with van der Waals surface area (Å²) in [6, 6.07) is 41.5. The van der Waals surface area contributed by atoms with Gasteiger partial charge in [-0.1, -0.05) is 127 Å². The van der Waals surface area contributed by atoms with Crippen molar-refractivity contribution in [1.82, 2.24) is 4.98 Å². The number of thiophene rings is 2. The van der Waals surface area contributed by atoms with Gasteiger partial charge in [0.15, 0.2) is 0 Å². The van der Waals surface area contributed by atoms with Crippen LogP contribution >= 0.6 is 22.7 Å². The average molecular weight is 971 g/mol. The molecule has 0 saturated heterocycles. The fourth-order valence-electron chi connectivity index (χ4n) is 10.1. The van der Waals surface area contributed by atoms with Crippen molar-refractivity contribution in [2.45, 2.75) is 100 Å². The van der Waals surface area contributed by atoms with E-state index in [-0.39, 0.29) is 0 Å². The molecule has 0 radical (unpaired) electrons. The Labute approximate surface area is 419 Å². The van der Waals surface area contributed by atoms with Crippen LogP contribution in [0.3, 0.4) is 0 Å². The maximum Gasteiger partial charge on any atom is 0.547 e. The van der Waals surface area contributed by atoms with Crippen molar-refractivity contribution >= 4 is 108 Å². The van der Waals surface area contributed by atoms with E-state index >= 15 is 0 Å². The van der Waals surface area contributed by atoms with E-state index < -0.39 is 8.80 Å². The normalized spacial score (nSPS) is 12.6. The second-order valence-corrected chi connectivity index (χ2v) is 24.5. The molecule has 0 N–H and O–H groups in total. The van der Waals surface area contributed by atoms with E-state index in [0.29, 0.717) is 31.7 Å². The van der Waals surface area contributed by atoms with Crippen LogP contribution in [0.15, 0.2) is 109 Å². The van der Waals surface area contributed by atoms with E-state index in [1.807, 2.05) is 32.1 Å². The van der Waals surface area contributed by atoms with E-state index in [2.05, 4.69) is 161 Å². The summed E-state index contributed by atoms with van der Waals surface area (Å²) in [4.78, 5) is 11.8. The molecule has 9 rings (SSSR count). The number of pyridine rings is 1. The Morgan fingerprint density at radius 1 is 0.609 bits per heavy atom. The highest BCUT2D eigenvalue weighted by Gasteiger charge is 2.44. The minimum absolute atomic E-state index is 0.549. The minimum atomic E-state index is -2.94. The number of rotatable bonds is 23. The Bertz CT molecular complexity index is 3150. The molecule has 5 nitrogen and oxygen atoms in total. The van der Waals surface area contributed by atoms with Crippen LogP contribution in [0.25, 0.3) is 87.2 Å². The quantitative estimate of drug-likeness (QED) is 0.0277. The molecule has 0 saturated carbocycles. The van der Waals surface area contributed by atoms with E-state index in [9.17, 15) is 0 Å². The third kappa shape index (κ3) is 10.3. The van der Waals surface area contributed by atoms with Crippen LogP contribution in [0.5, 0.6) is 0 Å². The van der Waals surface area contributed by atoms with Crippen LogP contribution in [-0.4, -0.2) is 46.7 Å². The molecule has 0 unspecified atom stereocenters. The predicted molar refractivity (Wildman–Crippen MR) is 304 cm³/mol. The van der Waals surface area contributed by atoms with E-state index in [1.165, 1.54) is 108 Å². The highest BCUT2D eigenvalue weighted by Crippen LogP contribution is 2.47. The van der Waals surface area contributed by atoms with Crippen molar-refractivity contribution < 1.29 is 13.3 Å². The first kappa shape index (κ1) is 49.1. The van der Waals surface area contributed by atoms with Gasteiger partial charge in [-0.15, -0.1) is 22.7 Å². The van der Waals surface area contributed by atoms with Gasteiger partial charge in [-0.25, -0.2) is 4.98 Å². The summed E-state index contributed by atoms with van der Waals surface area (Å²) in [5, 5.41) is 12.0. The standard InChI is InChI=1S/C61H70N2O3S2Si/c1-9-13-14-15-18-45-40-57(68-61(45)55-32-25-44-39-43(24-31-54(44)62-55)23-26-46-27-34-58(67-46)69(64-10-2,65-11-3)66-12-4)47-28-29-51-52-30-33-56(63(37-35-41(5)6)38-36-42(7)8)53-22-17-21-50(60(52)53)49-20-16-19-48(47)59(49)51/h16-17,19-34,39-42H,9-15,18,35-38H2,1-8H3/b26-23+. The zero-order chi connectivity index (χ0) is 48.1. The van der Waals surface area contributed by atoms with Gasteiger partial charge in [0.2, 0.25) is 0 Å². The Morgan fingerprint density at radius 3 is 1.94 bits per heavy atom. The SMILES string of the molecule is CCCCCCc1cc(-c2ccc3c4ccc(N(CCC(C)C)CCC(C)C)c5cccc(c6cccc2c63)c54)sc1-c1ccc2cc(/C=C/c3ccc([Si](OCC)(OCC)OCC)s3)ccc2n1. The average Bonchev–Trinajstić information content (AvgIpc) is 4.02. The van der Waals surface area contributed by atoms with Gasteiger partial charge in [-0.3, -0.25) is 0 Å². The summed E-state index contributed by atoms with van der Waals surface area (Å²) >= 11 is 3.59. The van der Waals surface area contributed by atoms with Crippen LogP contribution in [0.2, 0.25) is 0 Å². The summed E-state index contributed by atoms with van der Waals surface area (Å²) in [6.45, 7) is 21.5. The first-order valence-corrected chi connectivity index (χ1v) is 29.1. The van der Waals surface area contributed by atoms with Gasteiger partial charge < -0.3 is 18.2 Å². The molecule has 0 atom stereocenters. The second-order valence-electron chi connectivity index (χ2n) is 19.4. The van der Waals surface area contributed by atoms with Crippen LogP contribution in [-0.2, 0) is 19.7 Å². The molecule has 0 aliphatic heterocycles. The lowest BCUT2D eigenvalue weighted by atomic mass is 9.87. The third-order valence-electron chi connectivity index (χ3n) is 13.6. The topological polar surface area (TPSA) is 43.8 Å². The number of hydrogen-bond acceptors (Lipinski definition) is 7. The molecule has 0 spiro atoms. The molecule has 8 heteroatoms. The number of hydrogen-bond donors (Lipinski definition) is 0. The number of fused-ring (bicyclic) bond motifs is 3. The lowest BCUT2D eigenvalue weighted by Gasteiger charge is -2.29. The monoisotopic (exact) mass is 970 g/mol. The van der Waals surface area contributed by atoms with Gasteiger partial charge >= 0.3 is 8.80 Å². The Balaban J connectivity index is 1.06. The second kappa shape index (κ2) is 22.0. The van der Waals surface area contributed by atoms with Gasteiger partial charge in [0.25, 0.3) is 0 Å². The van der Waals surface area contributed by atoms with Crippen molar-refractivity contribution in [1.29, 1.82) is 0 Å². The molecular formula is C61H70N2O3S2Si. The molecule has 0 bridgehead atoms. The molecule has 69 heavy (non-hydrogen) atoms. The van der Waals surface area contributed by atoms with Gasteiger partial charge in [0, 0.05) is 59.1 Å². The molecule has 9 aromatic rings. The van der Waals surface area contributed by atoms with Gasteiger partial charge in [-0.2, -0.15) is 0 Å².